The van der Waals surface area contributed by atoms with Gasteiger partial charge >= 0.3 is 0 Å². The molecule has 0 radical (unpaired) electrons. The van der Waals surface area contributed by atoms with Gasteiger partial charge in [0.15, 0.2) is 5.78 Å². The standard InChI is InChI=1S/C17H15NO/c1-12(19)15-10-9-14-8-7-13-5-3-4-6-16(13)18(2)17(14)11-15/h3-11H,1-2H3. The van der Waals surface area contributed by atoms with Gasteiger partial charge in [-0.3, -0.25) is 4.79 Å². The highest BCUT2D eigenvalue weighted by Crippen LogP contribution is 2.35. The van der Waals surface area contributed by atoms with E-state index in [0.29, 0.717) is 0 Å². The van der Waals surface area contributed by atoms with Gasteiger partial charge in [-0.25, -0.2) is 0 Å². The Morgan fingerprint density at radius 3 is 2.37 bits per heavy atom. The van der Waals surface area contributed by atoms with E-state index < -0.39 is 0 Å². The molecule has 19 heavy (non-hydrogen) atoms. The highest BCUT2D eigenvalue weighted by atomic mass is 16.1. The molecule has 0 aliphatic carbocycles. The average Bonchev–Trinajstić information content (AvgIpc) is 2.57. The van der Waals surface area contributed by atoms with E-state index >= 15 is 0 Å². The van der Waals surface area contributed by atoms with Crippen molar-refractivity contribution in [1.29, 1.82) is 0 Å². The van der Waals surface area contributed by atoms with Crippen molar-refractivity contribution in [2.24, 2.45) is 0 Å². The van der Waals surface area contributed by atoms with Crippen molar-refractivity contribution in [2.45, 2.75) is 6.92 Å². The molecule has 0 spiro atoms. The van der Waals surface area contributed by atoms with Crippen LogP contribution in [-0.4, -0.2) is 12.8 Å². The molecule has 0 unspecified atom stereocenters. The van der Waals surface area contributed by atoms with Crippen molar-refractivity contribution in [3.05, 3.63) is 59.2 Å². The Morgan fingerprint density at radius 1 is 0.947 bits per heavy atom. The van der Waals surface area contributed by atoms with Crippen LogP contribution in [0.1, 0.15) is 28.4 Å². The average molecular weight is 249 g/mol. The van der Waals surface area contributed by atoms with Crippen LogP contribution in [0.4, 0.5) is 11.4 Å². The number of hydrogen-bond acceptors (Lipinski definition) is 2. The molecule has 1 aliphatic rings. The van der Waals surface area contributed by atoms with Gasteiger partial charge in [-0.05, 0) is 30.2 Å². The molecule has 1 heterocycles. The fourth-order valence-electron chi connectivity index (χ4n) is 2.44. The molecule has 0 fully saturated rings. The second kappa shape index (κ2) is 4.39. The summed E-state index contributed by atoms with van der Waals surface area (Å²) < 4.78 is 0. The normalized spacial score (nSPS) is 12.6. The van der Waals surface area contributed by atoms with Gasteiger partial charge in [0.05, 0.1) is 0 Å². The van der Waals surface area contributed by atoms with Gasteiger partial charge in [-0.2, -0.15) is 0 Å². The fraction of sp³-hybridized carbons (Fsp3) is 0.118. The molecule has 0 saturated heterocycles. The van der Waals surface area contributed by atoms with Crippen molar-refractivity contribution in [2.75, 3.05) is 11.9 Å². The number of carbonyl (C=O) groups excluding carboxylic acids is 1. The van der Waals surface area contributed by atoms with Crippen LogP contribution < -0.4 is 4.90 Å². The molecular formula is C17H15NO. The summed E-state index contributed by atoms with van der Waals surface area (Å²) in [5, 5.41) is 0. The molecular weight excluding hydrogens is 234 g/mol. The Bertz CT molecular complexity index is 685. The Balaban J connectivity index is 2.21. The Kier molecular flexibility index (Phi) is 2.71. The highest BCUT2D eigenvalue weighted by molar-refractivity contribution is 5.97. The number of anilines is 2. The first-order chi connectivity index (χ1) is 9.16. The maximum atomic E-state index is 11.5. The molecule has 0 saturated carbocycles. The molecule has 0 aromatic heterocycles. The molecule has 0 bridgehead atoms. The Morgan fingerprint density at radius 2 is 1.63 bits per heavy atom. The number of Topliss-reactive ketones (excluding diaryl/α,β-unsaturated/α-hetero) is 1. The zero-order valence-corrected chi connectivity index (χ0v) is 11.1. The molecule has 2 nitrogen and oxygen atoms in total. The van der Waals surface area contributed by atoms with Crippen LogP contribution in [0.3, 0.4) is 0 Å². The van der Waals surface area contributed by atoms with Crippen molar-refractivity contribution in [3.63, 3.8) is 0 Å². The predicted octanol–water partition coefficient (Wildman–Crippen LogP) is 4.14. The minimum absolute atomic E-state index is 0.0951. The van der Waals surface area contributed by atoms with Crippen molar-refractivity contribution in [1.82, 2.24) is 0 Å². The maximum Gasteiger partial charge on any atom is 0.159 e. The van der Waals surface area contributed by atoms with Crippen molar-refractivity contribution < 1.29 is 4.79 Å². The predicted molar refractivity (Wildman–Crippen MR) is 79.9 cm³/mol. The number of hydrogen-bond donors (Lipinski definition) is 0. The van der Waals surface area contributed by atoms with E-state index in [-0.39, 0.29) is 5.78 Å². The number of carbonyl (C=O) groups is 1. The maximum absolute atomic E-state index is 11.5. The second-order valence-corrected chi connectivity index (χ2v) is 4.78. The number of fused-ring (bicyclic) bond motifs is 2. The molecule has 0 N–H and O–H groups in total. The number of ketones is 1. The summed E-state index contributed by atoms with van der Waals surface area (Å²) >= 11 is 0. The SMILES string of the molecule is CC(=O)c1ccc2c(c1)N(C)c1ccccc1C=C2. The van der Waals surface area contributed by atoms with Crippen LogP contribution in [0.5, 0.6) is 0 Å². The number of para-hydroxylation sites is 1. The third-order valence-electron chi connectivity index (χ3n) is 3.54. The van der Waals surface area contributed by atoms with Gasteiger partial charge in [0, 0.05) is 24.0 Å². The zero-order valence-electron chi connectivity index (χ0n) is 11.1. The summed E-state index contributed by atoms with van der Waals surface area (Å²) in [6.07, 6.45) is 4.21. The van der Waals surface area contributed by atoms with E-state index in [4.69, 9.17) is 0 Å². The quantitative estimate of drug-likeness (QED) is 0.708. The Labute approximate surface area is 113 Å². The van der Waals surface area contributed by atoms with E-state index in [0.717, 1.165) is 22.5 Å². The molecule has 2 heteroatoms. The summed E-state index contributed by atoms with van der Waals surface area (Å²) in [7, 11) is 2.04. The summed E-state index contributed by atoms with van der Waals surface area (Å²) in [4.78, 5) is 13.7. The smallest absolute Gasteiger partial charge is 0.159 e. The summed E-state index contributed by atoms with van der Waals surface area (Å²) in [6, 6.07) is 14.1. The summed E-state index contributed by atoms with van der Waals surface area (Å²) in [5.74, 6) is 0.0951. The van der Waals surface area contributed by atoms with E-state index in [1.807, 2.05) is 37.4 Å². The zero-order chi connectivity index (χ0) is 13.4. The highest BCUT2D eigenvalue weighted by Gasteiger charge is 2.15. The minimum Gasteiger partial charge on any atom is -0.344 e. The summed E-state index contributed by atoms with van der Waals surface area (Å²) in [6.45, 7) is 1.60. The topological polar surface area (TPSA) is 20.3 Å². The van der Waals surface area contributed by atoms with Crippen molar-refractivity contribution >= 4 is 29.3 Å². The van der Waals surface area contributed by atoms with Crippen LogP contribution in [-0.2, 0) is 0 Å². The van der Waals surface area contributed by atoms with Crippen LogP contribution in [0.15, 0.2) is 42.5 Å². The van der Waals surface area contributed by atoms with Crippen LogP contribution >= 0.6 is 0 Å². The lowest BCUT2D eigenvalue weighted by molar-refractivity contribution is 0.101. The first-order valence-electron chi connectivity index (χ1n) is 6.32. The van der Waals surface area contributed by atoms with Crippen molar-refractivity contribution in [3.8, 4) is 0 Å². The fourth-order valence-corrected chi connectivity index (χ4v) is 2.44. The van der Waals surface area contributed by atoms with Crippen LogP contribution in [0.2, 0.25) is 0 Å². The second-order valence-electron chi connectivity index (χ2n) is 4.78. The third kappa shape index (κ3) is 1.95. The Hall–Kier alpha value is -2.35. The van der Waals surface area contributed by atoms with Gasteiger partial charge in [-0.1, -0.05) is 42.5 Å². The summed E-state index contributed by atoms with van der Waals surface area (Å²) in [5.41, 5.74) is 5.28. The monoisotopic (exact) mass is 249 g/mol. The van der Waals surface area contributed by atoms with Gasteiger partial charge in [0.2, 0.25) is 0 Å². The van der Waals surface area contributed by atoms with Gasteiger partial charge in [0.1, 0.15) is 0 Å². The largest absolute Gasteiger partial charge is 0.344 e. The first-order valence-corrected chi connectivity index (χ1v) is 6.32. The third-order valence-corrected chi connectivity index (χ3v) is 3.54. The van der Waals surface area contributed by atoms with E-state index in [1.165, 1.54) is 5.56 Å². The molecule has 1 aliphatic heterocycles. The molecule has 0 amide bonds. The molecule has 2 aromatic rings. The van der Waals surface area contributed by atoms with Gasteiger partial charge < -0.3 is 4.90 Å². The molecule has 94 valence electrons. The minimum atomic E-state index is 0.0951. The lowest BCUT2D eigenvalue weighted by Gasteiger charge is -2.22. The number of nitrogens with zero attached hydrogens (tertiary/aromatic N) is 1. The number of rotatable bonds is 1. The van der Waals surface area contributed by atoms with E-state index in [1.54, 1.807) is 6.92 Å². The van der Waals surface area contributed by atoms with E-state index in [9.17, 15) is 4.79 Å². The molecule has 3 rings (SSSR count). The van der Waals surface area contributed by atoms with Gasteiger partial charge in [-0.15, -0.1) is 0 Å². The number of benzene rings is 2. The molecule has 2 aromatic carbocycles. The van der Waals surface area contributed by atoms with E-state index in [2.05, 4.69) is 29.2 Å². The lowest BCUT2D eigenvalue weighted by Crippen LogP contribution is -2.11. The van der Waals surface area contributed by atoms with Crippen LogP contribution in [0.25, 0.3) is 12.2 Å². The lowest BCUT2D eigenvalue weighted by atomic mass is 10.1. The van der Waals surface area contributed by atoms with Crippen LogP contribution in [0, 0.1) is 0 Å². The van der Waals surface area contributed by atoms with Gasteiger partial charge in [0.25, 0.3) is 0 Å². The first kappa shape index (κ1) is 11.7. The molecule has 0 atom stereocenters.